The van der Waals surface area contributed by atoms with Gasteiger partial charge in [0.1, 0.15) is 5.78 Å². The topological polar surface area (TPSA) is 69.1 Å². The average Bonchev–Trinajstić information content (AvgIpc) is 2.08. The van der Waals surface area contributed by atoms with E-state index < -0.39 is 5.41 Å². The number of ketones is 1. The molecule has 0 aromatic carbocycles. The Morgan fingerprint density at radius 1 is 1.27 bits per heavy atom. The Bertz CT molecular complexity index is 122. The number of carbonyl (C=O) groups is 1. The first kappa shape index (κ1) is 10.6. The van der Waals surface area contributed by atoms with Gasteiger partial charge in [0, 0.05) is 19.5 Å². The lowest BCUT2D eigenvalue weighted by molar-refractivity contribution is -0.127. The highest BCUT2D eigenvalue weighted by Gasteiger charge is 2.31. The van der Waals surface area contributed by atoms with Crippen LogP contribution < -0.4 is 11.5 Å². The molecule has 0 aliphatic rings. The lowest BCUT2D eigenvalue weighted by Crippen LogP contribution is -2.44. The summed E-state index contributed by atoms with van der Waals surface area (Å²) in [6.45, 7) is 4.53. The van der Waals surface area contributed by atoms with Gasteiger partial charge in [-0.1, -0.05) is 13.8 Å². The Morgan fingerprint density at radius 3 is 1.82 bits per heavy atom. The summed E-state index contributed by atoms with van der Waals surface area (Å²) >= 11 is 0. The van der Waals surface area contributed by atoms with Gasteiger partial charge in [-0.25, -0.2) is 0 Å². The Balaban J connectivity index is 4.39. The molecule has 3 heteroatoms. The van der Waals surface area contributed by atoms with Crippen LogP contribution in [0, 0.1) is 5.41 Å². The van der Waals surface area contributed by atoms with Gasteiger partial charge in [-0.3, -0.25) is 4.79 Å². The van der Waals surface area contributed by atoms with Crippen LogP contribution >= 0.6 is 0 Å². The van der Waals surface area contributed by atoms with Crippen molar-refractivity contribution in [2.75, 3.05) is 13.1 Å². The lowest BCUT2D eigenvalue weighted by atomic mass is 9.80. The monoisotopic (exact) mass is 158 g/mol. The summed E-state index contributed by atoms with van der Waals surface area (Å²) in [6.07, 6.45) is 1.27. The van der Waals surface area contributed by atoms with Gasteiger partial charge in [-0.05, 0) is 6.42 Å². The van der Waals surface area contributed by atoms with Crippen LogP contribution in [0.15, 0.2) is 0 Å². The first-order valence-corrected chi connectivity index (χ1v) is 4.10. The first-order chi connectivity index (χ1) is 5.16. The number of hydrogen-bond donors (Lipinski definition) is 2. The SMILES string of the molecule is CCC(=O)C(CC)(CN)CN. The second-order valence-electron chi connectivity index (χ2n) is 2.82. The van der Waals surface area contributed by atoms with Crippen LogP contribution in [-0.4, -0.2) is 18.9 Å². The molecular weight excluding hydrogens is 140 g/mol. The molecule has 0 heterocycles. The zero-order valence-corrected chi connectivity index (χ0v) is 7.39. The Labute approximate surface area is 68.1 Å². The maximum Gasteiger partial charge on any atom is 0.141 e. The van der Waals surface area contributed by atoms with Gasteiger partial charge in [-0.2, -0.15) is 0 Å². The largest absolute Gasteiger partial charge is 0.329 e. The molecule has 0 aliphatic carbocycles. The number of rotatable bonds is 5. The van der Waals surface area contributed by atoms with Gasteiger partial charge in [0.05, 0.1) is 5.41 Å². The third-order valence-electron chi connectivity index (χ3n) is 2.37. The smallest absolute Gasteiger partial charge is 0.141 e. The molecule has 0 unspecified atom stereocenters. The minimum Gasteiger partial charge on any atom is -0.329 e. The maximum atomic E-state index is 11.4. The summed E-state index contributed by atoms with van der Waals surface area (Å²) in [5.74, 6) is 0.185. The Hall–Kier alpha value is -0.410. The van der Waals surface area contributed by atoms with Gasteiger partial charge in [-0.15, -0.1) is 0 Å². The highest BCUT2D eigenvalue weighted by atomic mass is 16.1. The maximum absolute atomic E-state index is 11.4. The summed E-state index contributed by atoms with van der Waals surface area (Å²) in [7, 11) is 0. The molecule has 4 N–H and O–H groups in total. The fourth-order valence-corrected chi connectivity index (χ4v) is 1.17. The van der Waals surface area contributed by atoms with Crippen molar-refractivity contribution in [3.05, 3.63) is 0 Å². The molecule has 0 fully saturated rings. The molecule has 0 saturated heterocycles. The molecule has 0 bridgehead atoms. The molecule has 3 nitrogen and oxygen atoms in total. The normalized spacial score (nSPS) is 11.6. The first-order valence-electron chi connectivity index (χ1n) is 4.10. The molecule has 0 radical (unpaired) electrons. The van der Waals surface area contributed by atoms with Gasteiger partial charge in [0.25, 0.3) is 0 Å². The van der Waals surface area contributed by atoms with Crippen LogP contribution in [0.2, 0.25) is 0 Å². The highest BCUT2D eigenvalue weighted by Crippen LogP contribution is 2.21. The van der Waals surface area contributed by atoms with E-state index in [1.54, 1.807) is 0 Å². The van der Waals surface area contributed by atoms with Crippen molar-refractivity contribution in [3.8, 4) is 0 Å². The van der Waals surface area contributed by atoms with E-state index in [4.69, 9.17) is 11.5 Å². The number of hydrogen-bond acceptors (Lipinski definition) is 3. The second kappa shape index (κ2) is 4.46. The standard InChI is InChI=1S/C8H18N2O/c1-3-7(11)8(4-2,5-9)6-10/h3-6,9-10H2,1-2H3. The molecule has 66 valence electrons. The van der Waals surface area contributed by atoms with Crippen LogP contribution in [-0.2, 0) is 4.79 Å². The second-order valence-corrected chi connectivity index (χ2v) is 2.82. The van der Waals surface area contributed by atoms with Crippen molar-refractivity contribution in [2.45, 2.75) is 26.7 Å². The summed E-state index contributed by atoms with van der Waals surface area (Å²) < 4.78 is 0. The van der Waals surface area contributed by atoms with E-state index in [0.29, 0.717) is 19.5 Å². The summed E-state index contributed by atoms with van der Waals surface area (Å²) in [5, 5.41) is 0. The molecule has 11 heavy (non-hydrogen) atoms. The van der Waals surface area contributed by atoms with Gasteiger partial charge in [0.2, 0.25) is 0 Å². The molecule has 0 saturated carbocycles. The van der Waals surface area contributed by atoms with E-state index in [1.165, 1.54) is 0 Å². The fraction of sp³-hybridized carbons (Fsp3) is 0.875. The van der Waals surface area contributed by atoms with E-state index in [9.17, 15) is 4.79 Å². The minimum absolute atomic E-state index is 0.185. The molecular formula is C8H18N2O. The third-order valence-corrected chi connectivity index (χ3v) is 2.37. The Morgan fingerprint density at radius 2 is 1.73 bits per heavy atom. The van der Waals surface area contributed by atoms with Gasteiger partial charge < -0.3 is 11.5 Å². The number of Topliss-reactive ketones (excluding diaryl/α,β-unsaturated/α-hetero) is 1. The van der Waals surface area contributed by atoms with Crippen molar-refractivity contribution in [1.82, 2.24) is 0 Å². The predicted molar refractivity (Wildman–Crippen MR) is 46.1 cm³/mol. The molecule has 0 aliphatic heterocycles. The van der Waals surface area contributed by atoms with E-state index >= 15 is 0 Å². The van der Waals surface area contributed by atoms with Crippen LogP contribution in [0.25, 0.3) is 0 Å². The summed E-state index contributed by atoms with van der Waals surface area (Å²) in [5.41, 5.74) is 10.6. The van der Waals surface area contributed by atoms with E-state index in [1.807, 2.05) is 13.8 Å². The Kier molecular flexibility index (Phi) is 4.30. The minimum atomic E-state index is -0.450. The van der Waals surface area contributed by atoms with E-state index in [2.05, 4.69) is 0 Å². The van der Waals surface area contributed by atoms with E-state index in [-0.39, 0.29) is 5.78 Å². The molecule has 0 aromatic rings. The van der Waals surface area contributed by atoms with Crippen molar-refractivity contribution in [3.63, 3.8) is 0 Å². The average molecular weight is 158 g/mol. The third kappa shape index (κ3) is 2.01. The lowest BCUT2D eigenvalue weighted by Gasteiger charge is -2.27. The van der Waals surface area contributed by atoms with Gasteiger partial charge in [0.15, 0.2) is 0 Å². The van der Waals surface area contributed by atoms with Crippen molar-refractivity contribution < 1.29 is 4.79 Å². The van der Waals surface area contributed by atoms with Crippen molar-refractivity contribution >= 4 is 5.78 Å². The molecule has 0 spiro atoms. The molecule has 0 aromatic heterocycles. The van der Waals surface area contributed by atoms with Gasteiger partial charge >= 0.3 is 0 Å². The van der Waals surface area contributed by atoms with Crippen LogP contribution in [0.5, 0.6) is 0 Å². The predicted octanol–water partition coefficient (Wildman–Crippen LogP) is 0.279. The number of carbonyl (C=O) groups excluding carboxylic acids is 1. The quantitative estimate of drug-likeness (QED) is 0.603. The molecule has 0 atom stereocenters. The zero-order chi connectivity index (χ0) is 8.91. The van der Waals surface area contributed by atoms with Crippen molar-refractivity contribution in [2.24, 2.45) is 16.9 Å². The zero-order valence-electron chi connectivity index (χ0n) is 7.39. The number of nitrogens with two attached hydrogens (primary N) is 2. The highest BCUT2D eigenvalue weighted by molar-refractivity contribution is 5.85. The summed E-state index contributed by atoms with van der Waals surface area (Å²) in [4.78, 5) is 11.4. The summed E-state index contributed by atoms with van der Waals surface area (Å²) in [6, 6.07) is 0. The molecule has 0 rings (SSSR count). The van der Waals surface area contributed by atoms with Crippen LogP contribution in [0.4, 0.5) is 0 Å². The van der Waals surface area contributed by atoms with Crippen LogP contribution in [0.1, 0.15) is 26.7 Å². The fourth-order valence-electron chi connectivity index (χ4n) is 1.17. The van der Waals surface area contributed by atoms with Crippen molar-refractivity contribution in [1.29, 1.82) is 0 Å². The molecule has 0 amide bonds. The van der Waals surface area contributed by atoms with E-state index in [0.717, 1.165) is 6.42 Å². The van der Waals surface area contributed by atoms with Crippen LogP contribution in [0.3, 0.4) is 0 Å².